The average Bonchev–Trinajstić information content (AvgIpc) is 3.22. The van der Waals surface area contributed by atoms with Crippen LogP contribution < -0.4 is 5.73 Å². The van der Waals surface area contributed by atoms with Crippen molar-refractivity contribution in [1.82, 2.24) is 4.90 Å². The number of nitrogens with zero attached hydrogens (tertiary/aromatic N) is 1. The lowest BCUT2D eigenvalue weighted by molar-refractivity contribution is -0.144. The summed E-state index contributed by atoms with van der Waals surface area (Å²) in [4.78, 5) is 27.5. The van der Waals surface area contributed by atoms with Crippen LogP contribution in [0.25, 0.3) is 0 Å². The molecule has 0 bridgehead atoms. The fourth-order valence-electron chi connectivity index (χ4n) is 8.06. The molecular weight excluding hydrogens is 725 g/mol. The van der Waals surface area contributed by atoms with Crippen molar-refractivity contribution < 1.29 is 28.5 Å². The zero-order valence-electron chi connectivity index (χ0n) is 39.3. The van der Waals surface area contributed by atoms with Gasteiger partial charge < -0.3 is 29.6 Å². The molecule has 0 heterocycles. The summed E-state index contributed by atoms with van der Waals surface area (Å²) in [5.74, 6) is 1.49. The van der Waals surface area contributed by atoms with Gasteiger partial charge in [-0.2, -0.15) is 0 Å². The Labute approximate surface area is 360 Å². The summed E-state index contributed by atoms with van der Waals surface area (Å²) in [7, 11) is 0. The number of hydrogen-bond acceptors (Lipinski definition) is 8. The molecule has 0 saturated heterocycles. The van der Waals surface area contributed by atoms with E-state index in [1.54, 1.807) is 0 Å². The summed E-state index contributed by atoms with van der Waals surface area (Å²) in [6, 6.07) is 0. The van der Waals surface area contributed by atoms with Crippen LogP contribution >= 0.6 is 0 Å². The van der Waals surface area contributed by atoms with Crippen molar-refractivity contribution >= 4 is 11.9 Å². The Hall–Kier alpha value is -1.22. The molecule has 0 aromatic carbocycles. The third kappa shape index (κ3) is 41.5. The predicted octanol–water partition coefficient (Wildman–Crippen LogP) is 13.2. The molecule has 0 aliphatic carbocycles. The number of unbranched alkanes of at least 4 members (excludes halogenated alkanes) is 16. The van der Waals surface area contributed by atoms with Gasteiger partial charge in [-0.15, -0.1) is 0 Å². The minimum absolute atomic E-state index is 0.0390. The molecule has 0 spiro atoms. The molecule has 0 aliphatic rings. The molecule has 0 atom stereocenters. The van der Waals surface area contributed by atoms with E-state index in [9.17, 15) is 9.59 Å². The maximum Gasteiger partial charge on any atom is 0.305 e. The fourth-order valence-corrected chi connectivity index (χ4v) is 8.06. The highest BCUT2D eigenvalue weighted by molar-refractivity contribution is 5.69. The van der Waals surface area contributed by atoms with Gasteiger partial charge in [0.15, 0.2) is 0 Å². The lowest BCUT2D eigenvalue weighted by Gasteiger charge is -2.22. The Bertz CT molecular complexity index is 763. The van der Waals surface area contributed by atoms with Crippen LogP contribution in [0.15, 0.2) is 0 Å². The first-order valence-corrected chi connectivity index (χ1v) is 25.4. The van der Waals surface area contributed by atoms with E-state index in [-0.39, 0.29) is 11.9 Å². The third-order valence-electron chi connectivity index (χ3n) is 11.8. The van der Waals surface area contributed by atoms with Crippen LogP contribution in [0.4, 0.5) is 0 Å². The lowest BCUT2D eigenvalue weighted by Crippen LogP contribution is -2.30. The maximum absolute atomic E-state index is 12.5. The highest BCUT2D eigenvalue weighted by Gasteiger charge is 2.12. The molecular formula is C50H100N2O6. The Kier molecular flexibility index (Phi) is 45.9. The molecule has 0 unspecified atom stereocenters. The summed E-state index contributed by atoms with van der Waals surface area (Å²) in [5.41, 5.74) is 5.51. The molecule has 8 nitrogen and oxygen atoms in total. The maximum atomic E-state index is 12.5. The zero-order valence-corrected chi connectivity index (χ0v) is 39.3. The van der Waals surface area contributed by atoms with Gasteiger partial charge in [0.2, 0.25) is 0 Å². The van der Waals surface area contributed by atoms with Crippen molar-refractivity contribution in [3.63, 3.8) is 0 Å². The largest absolute Gasteiger partial charge is 0.466 e. The number of nitrogens with two attached hydrogens (primary N) is 1. The van der Waals surface area contributed by atoms with Gasteiger partial charge >= 0.3 is 11.9 Å². The Balaban J connectivity index is 4.41. The van der Waals surface area contributed by atoms with Crippen LogP contribution in [0.3, 0.4) is 0 Å². The van der Waals surface area contributed by atoms with Crippen molar-refractivity contribution in [2.24, 2.45) is 17.6 Å². The van der Waals surface area contributed by atoms with E-state index < -0.39 is 0 Å². The van der Waals surface area contributed by atoms with E-state index in [1.165, 1.54) is 141 Å². The van der Waals surface area contributed by atoms with E-state index in [0.717, 1.165) is 82.8 Å². The normalized spacial score (nSPS) is 11.7. The Morgan fingerprint density at radius 3 is 1.14 bits per heavy atom. The van der Waals surface area contributed by atoms with Crippen LogP contribution in [0.5, 0.6) is 0 Å². The summed E-state index contributed by atoms with van der Waals surface area (Å²) in [6.45, 7) is 16.0. The van der Waals surface area contributed by atoms with Crippen LogP contribution in [-0.4, -0.2) is 82.7 Å². The van der Waals surface area contributed by atoms with Crippen molar-refractivity contribution in [2.75, 3.05) is 65.8 Å². The van der Waals surface area contributed by atoms with Crippen molar-refractivity contribution in [3.05, 3.63) is 0 Å². The molecule has 346 valence electrons. The van der Waals surface area contributed by atoms with Gasteiger partial charge in [0.25, 0.3) is 0 Å². The van der Waals surface area contributed by atoms with Gasteiger partial charge in [0, 0.05) is 25.9 Å². The summed E-state index contributed by atoms with van der Waals surface area (Å²) in [5, 5.41) is 0. The minimum atomic E-state index is -0.0390. The zero-order chi connectivity index (χ0) is 42.4. The number of rotatable bonds is 48. The van der Waals surface area contributed by atoms with Gasteiger partial charge in [0.1, 0.15) is 0 Å². The molecule has 2 N–H and O–H groups in total. The van der Waals surface area contributed by atoms with Crippen LogP contribution in [0.1, 0.15) is 233 Å². The fraction of sp³-hybridized carbons (Fsp3) is 0.960. The van der Waals surface area contributed by atoms with Crippen LogP contribution in [0, 0.1) is 11.8 Å². The van der Waals surface area contributed by atoms with Gasteiger partial charge in [-0.3, -0.25) is 9.59 Å². The second-order valence-electron chi connectivity index (χ2n) is 17.3. The smallest absolute Gasteiger partial charge is 0.305 e. The first-order valence-electron chi connectivity index (χ1n) is 25.4. The minimum Gasteiger partial charge on any atom is -0.466 e. The quantitative estimate of drug-likeness (QED) is 0.0478. The summed E-state index contributed by atoms with van der Waals surface area (Å²) in [6.07, 6.45) is 37.9. The van der Waals surface area contributed by atoms with E-state index in [0.29, 0.717) is 59.0 Å². The summed E-state index contributed by atoms with van der Waals surface area (Å²) >= 11 is 0. The molecule has 0 aromatic rings. The van der Waals surface area contributed by atoms with Gasteiger partial charge in [0.05, 0.1) is 39.6 Å². The van der Waals surface area contributed by atoms with E-state index >= 15 is 0 Å². The molecule has 8 heteroatoms. The Morgan fingerprint density at radius 1 is 0.397 bits per heavy atom. The molecule has 0 rings (SSSR count). The third-order valence-corrected chi connectivity index (χ3v) is 11.8. The van der Waals surface area contributed by atoms with Gasteiger partial charge in [-0.25, -0.2) is 0 Å². The molecule has 58 heavy (non-hydrogen) atoms. The van der Waals surface area contributed by atoms with Crippen molar-refractivity contribution in [3.8, 4) is 0 Å². The molecule has 0 amide bonds. The second kappa shape index (κ2) is 46.8. The molecule has 0 radical (unpaired) electrons. The number of carbonyl (C=O) groups excluding carboxylic acids is 2. The predicted molar refractivity (Wildman–Crippen MR) is 246 cm³/mol. The first-order chi connectivity index (χ1) is 28.5. The van der Waals surface area contributed by atoms with Crippen molar-refractivity contribution in [2.45, 2.75) is 233 Å². The molecule has 0 aromatic heterocycles. The molecule has 0 fully saturated rings. The van der Waals surface area contributed by atoms with E-state index in [4.69, 9.17) is 24.7 Å². The highest BCUT2D eigenvalue weighted by atomic mass is 16.5. The number of ether oxygens (including phenoxy) is 4. The van der Waals surface area contributed by atoms with E-state index in [1.807, 2.05) is 0 Å². The summed E-state index contributed by atoms with van der Waals surface area (Å²) < 4.78 is 22.6. The first kappa shape index (κ1) is 56.8. The second-order valence-corrected chi connectivity index (χ2v) is 17.3. The highest BCUT2D eigenvalue weighted by Crippen LogP contribution is 2.24. The van der Waals surface area contributed by atoms with Gasteiger partial charge in [-0.1, -0.05) is 169 Å². The average molecular weight is 825 g/mol. The molecule has 0 aliphatic heterocycles. The van der Waals surface area contributed by atoms with Crippen LogP contribution in [-0.2, 0) is 28.5 Å². The van der Waals surface area contributed by atoms with Gasteiger partial charge in [-0.05, 0) is 76.3 Å². The standard InChI is InChI=1S/C50H100N2O6/c1-5-9-13-19-29-47(30-20-14-10-6-2)33-27-41-57-49(53)35-23-17-25-38-52(40-44-56-46-45-55-43-37-51)39-26-18-24-36-50(54)58-42-28-34-48(31-21-15-11-7-3)32-22-16-12-8-4/h47-48H,5-46,51H2,1-4H3. The monoisotopic (exact) mass is 825 g/mol. The number of carbonyl (C=O) groups is 2. The van der Waals surface area contributed by atoms with Crippen LogP contribution in [0.2, 0.25) is 0 Å². The lowest BCUT2D eigenvalue weighted by atomic mass is 9.91. The molecule has 0 saturated carbocycles. The topological polar surface area (TPSA) is 100 Å². The van der Waals surface area contributed by atoms with Crippen molar-refractivity contribution in [1.29, 1.82) is 0 Å². The van der Waals surface area contributed by atoms with E-state index in [2.05, 4.69) is 32.6 Å². The number of hydrogen-bond donors (Lipinski definition) is 1. The number of esters is 2. The SMILES string of the molecule is CCCCCCC(CCCCCC)CCCOC(=O)CCCCCN(CCCCCC(=O)OCCCC(CCCCCC)CCCCCC)CCOCCOCCN. The Morgan fingerprint density at radius 2 is 0.759 bits per heavy atom.